The average molecular weight is 176 g/mol. The first kappa shape index (κ1) is 9.92. The summed E-state index contributed by atoms with van der Waals surface area (Å²) in [4.78, 5) is 0. The van der Waals surface area contributed by atoms with Crippen molar-refractivity contribution in [1.29, 1.82) is 0 Å². The van der Waals surface area contributed by atoms with Gasteiger partial charge < -0.3 is 20.1 Å². The molecular weight excluding hydrogens is 160 g/mol. The lowest BCUT2D eigenvalue weighted by Gasteiger charge is -2.35. The molecule has 12 heavy (non-hydrogen) atoms. The molecule has 0 aromatic rings. The van der Waals surface area contributed by atoms with E-state index < -0.39 is 12.2 Å². The molecule has 1 aliphatic rings. The molecule has 0 aliphatic heterocycles. The Labute approximate surface area is 71.8 Å². The molecule has 0 aromatic heterocycles. The fourth-order valence-corrected chi connectivity index (χ4v) is 1.67. The summed E-state index contributed by atoms with van der Waals surface area (Å²) in [6.07, 6.45) is -0.540. The number of aliphatic hydroxyl groups excluding tert-OH is 3. The Kier molecular flexibility index (Phi) is 3.46. The van der Waals surface area contributed by atoms with Gasteiger partial charge in [0.05, 0.1) is 18.3 Å². The average Bonchev–Trinajstić information content (AvgIpc) is 2.09. The second kappa shape index (κ2) is 4.18. The molecule has 3 N–H and O–H groups in total. The smallest absolute Gasteiger partial charge is 0.0851 e. The van der Waals surface area contributed by atoms with Crippen LogP contribution in [0.2, 0.25) is 0 Å². The highest BCUT2D eigenvalue weighted by Crippen LogP contribution is 2.26. The van der Waals surface area contributed by atoms with Gasteiger partial charge in [-0.15, -0.1) is 0 Å². The van der Waals surface area contributed by atoms with Gasteiger partial charge in [-0.2, -0.15) is 0 Å². The van der Waals surface area contributed by atoms with Gasteiger partial charge in [-0.05, 0) is 6.42 Å². The van der Waals surface area contributed by atoms with Crippen LogP contribution in [0.4, 0.5) is 0 Å². The van der Waals surface area contributed by atoms with Gasteiger partial charge in [-0.1, -0.05) is 0 Å². The molecular formula is C8H16O4. The Bertz CT molecular complexity index is 139. The van der Waals surface area contributed by atoms with Gasteiger partial charge in [0.25, 0.3) is 0 Å². The van der Waals surface area contributed by atoms with Crippen molar-refractivity contribution < 1.29 is 20.1 Å². The van der Waals surface area contributed by atoms with Crippen LogP contribution in [0.5, 0.6) is 0 Å². The fraction of sp³-hybridized carbons (Fsp3) is 1.00. The van der Waals surface area contributed by atoms with E-state index in [1.807, 2.05) is 0 Å². The third-order valence-electron chi connectivity index (χ3n) is 2.52. The molecule has 1 saturated carbocycles. The van der Waals surface area contributed by atoms with E-state index in [1.165, 1.54) is 0 Å². The maximum absolute atomic E-state index is 9.39. The summed E-state index contributed by atoms with van der Waals surface area (Å²) < 4.78 is 5.06. The quantitative estimate of drug-likeness (QED) is 0.511. The largest absolute Gasteiger partial charge is 0.396 e. The van der Waals surface area contributed by atoms with Crippen LogP contribution in [-0.4, -0.2) is 47.3 Å². The summed E-state index contributed by atoms with van der Waals surface area (Å²) in [5.74, 6) is -0.251. The molecule has 4 nitrogen and oxygen atoms in total. The van der Waals surface area contributed by atoms with Crippen LogP contribution in [0, 0.1) is 5.92 Å². The summed E-state index contributed by atoms with van der Waals surface area (Å²) >= 11 is 0. The number of aliphatic hydroxyl groups is 3. The SMILES string of the molecule is COC1CC(O)[C@H](O)C(CO)C1. The van der Waals surface area contributed by atoms with Crippen molar-refractivity contribution in [2.24, 2.45) is 5.92 Å². The van der Waals surface area contributed by atoms with E-state index >= 15 is 0 Å². The van der Waals surface area contributed by atoms with E-state index in [4.69, 9.17) is 9.84 Å². The number of hydrogen-bond acceptors (Lipinski definition) is 4. The summed E-state index contributed by atoms with van der Waals surface area (Å²) in [5, 5.41) is 27.6. The van der Waals surface area contributed by atoms with Crippen LogP contribution >= 0.6 is 0 Å². The zero-order valence-electron chi connectivity index (χ0n) is 7.18. The standard InChI is InChI=1S/C8H16O4/c1-12-6-2-5(4-9)8(11)7(10)3-6/h5-11H,2-4H2,1H3/t5?,6?,7?,8-/m1/s1. The van der Waals surface area contributed by atoms with Crippen LogP contribution in [0.25, 0.3) is 0 Å². The second-order valence-electron chi connectivity index (χ2n) is 3.33. The Morgan fingerprint density at radius 2 is 2.00 bits per heavy atom. The Morgan fingerprint density at radius 1 is 1.33 bits per heavy atom. The van der Waals surface area contributed by atoms with Crippen molar-refractivity contribution >= 4 is 0 Å². The van der Waals surface area contributed by atoms with Crippen LogP contribution < -0.4 is 0 Å². The highest BCUT2D eigenvalue weighted by molar-refractivity contribution is 4.86. The third kappa shape index (κ3) is 1.95. The number of methoxy groups -OCH3 is 1. The topological polar surface area (TPSA) is 69.9 Å². The van der Waals surface area contributed by atoms with Gasteiger partial charge in [0, 0.05) is 26.1 Å². The van der Waals surface area contributed by atoms with Gasteiger partial charge in [0.2, 0.25) is 0 Å². The highest BCUT2D eigenvalue weighted by Gasteiger charge is 2.35. The first-order valence-electron chi connectivity index (χ1n) is 4.18. The summed E-state index contributed by atoms with van der Waals surface area (Å²) in [5.41, 5.74) is 0. The van der Waals surface area contributed by atoms with Crippen LogP contribution in [-0.2, 0) is 4.74 Å². The Morgan fingerprint density at radius 3 is 2.50 bits per heavy atom. The fourth-order valence-electron chi connectivity index (χ4n) is 1.67. The van der Waals surface area contributed by atoms with Crippen molar-refractivity contribution in [3.8, 4) is 0 Å². The lowest BCUT2D eigenvalue weighted by atomic mass is 9.83. The number of hydrogen-bond donors (Lipinski definition) is 3. The molecule has 1 rings (SSSR count). The summed E-state index contributed by atoms with van der Waals surface area (Å²) in [6.45, 7) is -0.0991. The van der Waals surface area contributed by atoms with E-state index in [1.54, 1.807) is 7.11 Å². The van der Waals surface area contributed by atoms with Crippen molar-refractivity contribution in [2.45, 2.75) is 31.2 Å². The van der Waals surface area contributed by atoms with Crippen LogP contribution in [0.3, 0.4) is 0 Å². The molecule has 0 radical (unpaired) electrons. The first-order chi connectivity index (χ1) is 5.69. The van der Waals surface area contributed by atoms with E-state index in [0.29, 0.717) is 12.8 Å². The molecule has 4 atom stereocenters. The predicted molar refractivity (Wildman–Crippen MR) is 42.6 cm³/mol. The van der Waals surface area contributed by atoms with Crippen molar-refractivity contribution in [3.63, 3.8) is 0 Å². The molecule has 4 heteroatoms. The number of rotatable bonds is 2. The van der Waals surface area contributed by atoms with E-state index in [2.05, 4.69) is 0 Å². The molecule has 0 heterocycles. The monoisotopic (exact) mass is 176 g/mol. The molecule has 0 aromatic carbocycles. The van der Waals surface area contributed by atoms with Crippen molar-refractivity contribution in [3.05, 3.63) is 0 Å². The van der Waals surface area contributed by atoms with Gasteiger partial charge >= 0.3 is 0 Å². The van der Waals surface area contributed by atoms with Gasteiger partial charge in [-0.25, -0.2) is 0 Å². The van der Waals surface area contributed by atoms with Crippen molar-refractivity contribution in [1.82, 2.24) is 0 Å². The normalized spacial score (nSPS) is 43.0. The highest BCUT2D eigenvalue weighted by atomic mass is 16.5. The Hall–Kier alpha value is -0.160. The molecule has 3 unspecified atom stereocenters. The second-order valence-corrected chi connectivity index (χ2v) is 3.33. The predicted octanol–water partition coefficient (Wildman–Crippen LogP) is -0.875. The van der Waals surface area contributed by atoms with Crippen molar-refractivity contribution in [2.75, 3.05) is 13.7 Å². The van der Waals surface area contributed by atoms with Gasteiger partial charge in [0.15, 0.2) is 0 Å². The van der Waals surface area contributed by atoms with Gasteiger partial charge in [-0.3, -0.25) is 0 Å². The zero-order chi connectivity index (χ0) is 9.14. The number of ether oxygens (including phenoxy) is 1. The lowest BCUT2D eigenvalue weighted by Crippen LogP contribution is -2.44. The summed E-state index contributed by atoms with van der Waals surface area (Å²) in [7, 11) is 1.57. The molecule has 1 fully saturated rings. The first-order valence-corrected chi connectivity index (χ1v) is 4.18. The van der Waals surface area contributed by atoms with Crippen LogP contribution in [0.15, 0.2) is 0 Å². The molecule has 1 aliphatic carbocycles. The summed E-state index contributed by atoms with van der Waals surface area (Å²) in [6, 6.07) is 0. The third-order valence-corrected chi connectivity index (χ3v) is 2.52. The van der Waals surface area contributed by atoms with Gasteiger partial charge in [0.1, 0.15) is 0 Å². The van der Waals surface area contributed by atoms with E-state index in [9.17, 15) is 10.2 Å². The zero-order valence-corrected chi connectivity index (χ0v) is 7.18. The lowest BCUT2D eigenvalue weighted by molar-refractivity contribution is -0.103. The molecule has 0 saturated heterocycles. The minimum atomic E-state index is -0.804. The van der Waals surface area contributed by atoms with E-state index in [0.717, 1.165) is 0 Å². The minimum absolute atomic E-state index is 0.0412. The molecule has 0 amide bonds. The molecule has 72 valence electrons. The molecule has 0 spiro atoms. The maximum Gasteiger partial charge on any atom is 0.0851 e. The minimum Gasteiger partial charge on any atom is -0.396 e. The maximum atomic E-state index is 9.39. The molecule has 0 bridgehead atoms. The van der Waals surface area contributed by atoms with E-state index in [-0.39, 0.29) is 18.6 Å². The van der Waals surface area contributed by atoms with Crippen LogP contribution in [0.1, 0.15) is 12.8 Å². The Balaban J connectivity index is 2.52.